The summed E-state index contributed by atoms with van der Waals surface area (Å²) in [4.78, 5) is 36.4. The van der Waals surface area contributed by atoms with Crippen LogP contribution in [0.1, 0.15) is 53.4 Å². The lowest BCUT2D eigenvalue weighted by Crippen LogP contribution is -2.46. The molecule has 0 unspecified atom stereocenters. The molecule has 1 fully saturated rings. The summed E-state index contributed by atoms with van der Waals surface area (Å²) in [6.07, 6.45) is 4.04. The number of carbonyl (C=O) groups excluding carboxylic acids is 1. The number of esters is 1. The average molecular weight is 513 g/mol. The van der Waals surface area contributed by atoms with Crippen molar-refractivity contribution in [3.63, 3.8) is 0 Å². The first-order chi connectivity index (χ1) is 16.4. The van der Waals surface area contributed by atoms with Gasteiger partial charge in [0.1, 0.15) is 29.8 Å². The van der Waals surface area contributed by atoms with E-state index in [1.165, 1.54) is 27.1 Å². The Morgan fingerprint density at radius 2 is 1.97 bits per heavy atom. The van der Waals surface area contributed by atoms with Gasteiger partial charge >= 0.3 is 11.9 Å². The molecule has 0 bridgehead atoms. The number of fused-ring (bicyclic) bond motifs is 1. The van der Waals surface area contributed by atoms with Crippen LogP contribution in [0.15, 0.2) is 12.7 Å². The van der Waals surface area contributed by atoms with Gasteiger partial charge in [0.2, 0.25) is 0 Å². The van der Waals surface area contributed by atoms with Gasteiger partial charge in [0, 0.05) is 0 Å². The third-order valence-electron chi connectivity index (χ3n) is 5.64. The van der Waals surface area contributed by atoms with Crippen molar-refractivity contribution in [2.45, 2.75) is 83.8 Å². The summed E-state index contributed by atoms with van der Waals surface area (Å²) >= 11 is 0. The van der Waals surface area contributed by atoms with Crippen LogP contribution in [0.2, 0.25) is 0 Å². The fourth-order valence-electron chi connectivity index (χ4n) is 3.71. The minimum Gasteiger partial charge on any atom is -0.480 e. The van der Waals surface area contributed by atoms with Crippen LogP contribution in [0, 0.1) is 0 Å². The van der Waals surface area contributed by atoms with Gasteiger partial charge in [-0.1, -0.05) is 0 Å². The van der Waals surface area contributed by atoms with Crippen LogP contribution in [-0.2, 0) is 34.7 Å². The number of hydrogen-bond donors (Lipinski definition) is 3. The lowest BCUT2D eigenvalue weighted by Gasteiger charge is -2.30. The van der Waals surface area contributed by atoms with Crippen LogP contribution in [0.25, 0.3) is 11.2 Å². The second kappa shape index (κ2) is 11.0. The van der Waals surface area contributed by atoms with Crippen molar-refractivity contribution < 1.29 is 33.3 Å². The van der Waals surface area contributed by atoms with Gasteiger partial charge in [-0.2, -0.15) is 0 Å². The predicted octanol–water partition coefficient (Wildman–Crippen LogP) is 2.31. The first-order valence-electron chi connectivity index (χ1n) is 11.4. The molecule has 13 nitrogen and oxygen atoms in total. The van der Waals surface area contributed by atoms with Gasteiger partial charge in [0.15, 0.2) is 17.6 Å². The molecule has 0 aromatic carbocycles. The Balaban J connectivity index is 1.68. The zero-order valence-electron chi connectivity index (χ0n) is 20.3. The summed E-state index contributed by atoms with van der Waals surface area (Å²) in [6.45, 7) is 6.13. The quantitative estimate of drug-likeness (QED) is 0.279. The summed E-state index contributed by atoms with van der Waals surface area (Å²) in [7, 11) is -3.97. The number of aromatic nitrogens is 4. The molecule has 3 rings (SSSR count). The van der Waals surface area contributed by atoms with E-state index in [2.05, 4.69) is 20.0 Å². The summed E-state index contributed by atoms with van der Waals surface area (Å²) in [5.41, 5.74) is 5.18. The molecule has 1 saturated carbocycles. The molecule has 3 atom stereocenters. The first kappa shape index (κ1) is 27.0. The Morgan fingerprint density at radius 1 is 1.29 bits per heavy atom. The van der Waals surface area contributed by atoms with Crippen LogP contribution in [0.5, 0.6) is 0 Å². The van der Waals surface area contributed by atoms with Crippen LogP contribution in [-0.4, -0.2) is 66.8 Å². The Kier molecular flexibility index (Phi) is 8.47. The molecule has 2 heterocycles. The van der Waals surface area contributed by atoms with E-state index in [0.717, 1.165) is 25.7 Å². The number of anilines is 1. The molecular formula is C21H33N6O7P. The van der Waals surface area contributed by atoms with E-state index in [4.69, 9.17) is 19.7 Å². The number of carboxylic acids is 1. The van der Waals surface area contributed by atoms with Gasteiger partial charge in [-0.3, -0.25) is 9.36 Å². The van der Waals surface area contributed by atoms with E-state index in [1.54, 1.807) is 17.8 Å². The Morgan fingerprint density at radius 3 is 2.63 bits per heavy atom. The van der Waals surface area contributed by atoms with Crippen molar-refractivity contribution in [1.29, 1.82) is 0 Å². The molecule has 0 aliphatic heterocycles. The third kappa shape index (κ3) is 6.97. The maximum Gasteiger partial charge on any atom is 0.335 e. The lowest BCUT2D eigenvalue weighted by atomic mass is 10.1. The van der Waals surface area contributed by atoms with Gasteiger partial charge in [-0.25, -0.2) is 24.8 Å². The summed E-state index contributed by atoms with van der Waals surface area (Å²) in [6, 6.07) is 0. The topological polar surface area (TPSA) is 181 Å². The van der Waals surface area contributed by atoms with Crippen molar-refractivity contribution in [2.24, 2.45) is 0 Å². The number of nitrogen functional groups attached to an aromatic ring is 1. The van der Waals surface area contributed by atoms with E-state index >= 15 is 0 Å². The molecule has 2 aromatic rings. The van der Waals surface area contributed by atoms with E-state index in [9.17, 15) is 19.3 Å². The number of aliphatic carboxylic acids is 1. The van der Waals surface area contributed by atoms with E-state index in [-0.39, 0.29) is 18.5 Å². The number of carboxylic acid groups (broad SMARTS) is 1. The van der Waals surface area contributed by atoms with E-state index in [1.807, 2.05) is 0 Å². The normalized spacial score (nSPS) is 18.3. The second-order valence-electron chi connectivity index (χ2n) is 9.24. The minimum atomic E-state index is -3.97. The second-order valence-corrected chi connectivity index (χ2v) is 11.3. The Labute approximate surface area is 203 Å². The third-order valence-corrected chi connectivity index (χ3v) is 7.69. The largest absolute Gasteiger partial charge is 0.480 e. The zero-order valence-corrected chi connectivity index (χ0v) is 21.2. The molecule has 0 amide bonds. The maximum atomic E-state index is 13.7. The summed E-state index contributed by atoms with van der Waals surface area (Å²) in [5, 5.41) is 12.0. The molecule has 0 radical (unpaired) electrons. The van der Waals surface area contributed by atoms with Crippen LogP contribution >= 0.6 is 7.52 Å². The molecule has 1 aliphatic rings. The van der Waals surface area contributed by atoms with Gasteiger partial charge in [-0.15, -0.1) is 0 Å². The summed E-state index contributed by atoms with van der Waals surface area (Å²) in [5.74, 6) is -1.64. The Hall–Kier alpha value is -2.60. The van der Waals surface area contributed by atoms with E-state index < -0.39 is 43.6 Å². The van der Waals surface area contributed by atoms with Crippen molar-refractivity contribution in [1.82, 2.24) is 24.6 Å². The highest BCUT2D eigenvalue weighted by atomic mass is 31.2. The number of imidazole rings is 1. The SMILES string of the molecule is C[C@H](Cn1cnc2c(N)ncnc21)OC[P@@](=O)(NC(C)(C)C(=O)O)O[C@@H](C)C(=O)OC1CCCC1. The summed E-state index contributed by atoms with van der Waals surface area (Å²) < 4.78 is 32.2. The number of nitrogens with two attached hydrogens (primary N) is 1. The average Bonchev–Trinajstić information content (AvgIpc) is 3.43. The van der Waals surface area contributed by atoms with E-state index in [0.29, 0.717) is 11.2 Å². The minimum absolute atomic E-state index is 0.185. The number of hydrogen-bond acceptors (Lipinski definition) is 10. The molecule has 2 aromatic heterocycles. The molecule has 1 aliphatic carbocycles. The molecular weight excluding hydrogens is 479 g/mol. The fraction of sp³-hybridized carbons (Fsp3) is 0.667. The molecule has 0 saturated heterocycles. The number of ether oxygens (including phenoxy) is 2. The van der Waals surface area contributed by atoms with Crippen LogP contribution < -0.4 is 10.8 Å². The van der Waals surface area contributed by atoms with Gasteiger partial charge in [0.25, 0.3) is 7.52 Å². The lowest BCUT2D eigenvalue weighted by molar-refractivity contribution is -0.156. The molecule has 4 N–H and O–H groups in total. The molecule has 194 valence electrons. The zero-order chi connectivity index (χ0) is 25.8. The predicted molar refractivity (Wildman–Crippen MR) is 127 cm³/mol. The number of nitrogens with zero attached hydrogens (tertiary/aromatic N) is 4. The fourth-order valence-corrected chi connectivity index (χ4v) is 5.89. The van der Waals surface area contributed by atoms with Crippen molar-refractivity contribution in [3.05, 3.63) is 12.7 Å². The van der Waals surface area contributed by atoms with Crippen LogP contribution in [0.3, 0.4) is 0 Å². The standard InChI is InChI=1S/C21H33N6O7P/c1-13(9-27-11-25-16-17(22)23-10-24-18(16)27)32-12-35(31,26-21(3,4)20(29)30)34-14(2)19(28)33-15-7-5-6-8-15/h10-11,13-15H,5-9,12H2,1-4H3,(H,26,31)(H,29,30)(H2,22,23,24)/t13-,14+,35+/m1/s1. The smallest absolute Gasteiger partial charge is 0.335 e. The highest BCUT2D eigenvalue weighted by Crippen LogP contribution is 2.46. The van der Waals surface area contributed by atoms with Gasteiger partial charge in [0.05, 0.1) is 19.0 Å². The van der Waals surface area contributed by atoms with Crippen molar-refractivity contribution >= 4 is 36.4 Å². The number of rotatable bonds is 12. The Bertz CT molecular complexity index is 1100. The highest BCUT2D eigenvalue weighted by molar-refractivity contribution is 7.56. The van der Waals surface area contributed by atoms with Gasteiger partial charge < -0.3 is 29.4 Å². The maximum absolute atomic E-state index is 13.7. The molecule has 14 heteroatoms. The van der Waals surface area contributed by atoms with Gasteiger partial charge in [-0.05, 0) is 53.4 Å². The monoisotopic (exact) mass is 512 g/mol. The van der Waals surface area contributed by atoms with Crippen molar-refractivity contribution in [2.75, 3.05) is 12.1 Å². The highest BCUT2D eigenvalue weighted by Gasteiger charge is 2.40. The molecule has 0 spiro atoms. The van der Waals surface area contributed by atoms with Crippen LogP contribution in [0.4, 0.5) is 5.82 Å². The first-order valence-corrected chi connectivity index (χ1v) is 13.2. The molecule has 35 heavy (non-hydrogen) atoms. The van der Waals surface area contributed by atoms with Crippen molar-refractivity contribution in [3.8, 4) is 0 Å². The number of carbonyl (C=O) groups is 2. The number of nitrogens with one attached hydrogen (secondary N) is 1.